The van der Waals surface area contributed by atoms with E-state index in [0.717, 1.165) is 31.2 Å². The second-order valence-electron chi connectivity index (χ2n) is 6.47. The summed E-state index contributed by atoms with van der Waals surface area (Å²) < 4.78 is 41.9. The number of halogens is 1. The van der Waals surface area contributed by atoms with Crippen molar-refractivity contribution in [1.82, 2.24) is 8.61 Å². The summed E-state index contributed by atoms with van der Waals surface area (Å²) in [4.78, 5) is 0. The smallest absolute Gasteiger partial charge is 0.207 e. The van der Waals surface area contributed by atoms with Crippen molar-refractivity contribution in [2.75, 3.05) is 20.1 Å². The Morgan fingerprint density at radius 2 is 2.09 bits per heavy atom. The Hall–Kier alpha value is -0.980. The molecule has 1 atom stereocenters. The van der Waals surface area contributed by atoms with E-state index in [4.69, 9.17) is 0 Å². The fourth-order valence-corrected chi connectivity index (χ4v) is 4.86. The fraction of sp³-hybridized carbons (Fsp3) is 0.625. The van der Waals surface area contributed by atoms with Gasteiger partial charge in [0.2, 0.25) is 0 Å². The molecule has 1 aliphatic heterocycles. The van der Waals surface area contributed by atoms with E-state index in [0.29, 0.717) is 25.4 Å². The Balaban J connectivity index is 1.71. The highest BCUT2D eigenvalue weighted by atomic mass is 32.2. The Kier molecular flexibility index (Phi) is 4.52. The molecule has 3 rings (SSSR count). The van der Waals surface area contributed by atoms with Gasteiger partial charge in [0.25, 0.3) is 10.2 Å². The second-order valence-corrected chi connectivity index (χ2v) is 8.46. The van der Waals surface area contributed by atoms with Crippen molar-refractivity contribution in [3.8, 4) is 0 Å². The standard InChI is InChI=1S/C16H23FN2O2S/c1-18(12-13-7-8-13)22(20,21)19-9-3-6-16(19)11-14-4-2-5-15(17)10-14/h2,4-5,10,13,16H,3,6-9,11-12H2,1H3. The Labute approximate surface area is 132 Å². The Morgan fingerprint density at radius 3 is 2.77 bits per heavy atom. The van der Waals surface area contributed by atoms with E-state index in [1.807, 2.05) is 6.07 Å². The minimum atomic E-state index is -3.40. The van der Waals surface area contributed by atoms with Crippen LogP contribution < -0.4 is 0 Å². The van der Waals surface area contributed by atoms with E-state index in [9.17, 15) is 12.8 Å². The van der Waals surface area contributed by atoms with Gasteiger partial charge >= 0.3 is 0 Å². The molecule has 1 aromatic carbocycles. The third kappa shape index (κ3) is 3.50. The van der Waals surface area contributed by atoms with Crippen LogP contribution in [-0.4, -0.2) is 43.2 Å². The van der Waals surface area contributed by atoms with Gasteiger partial charge in [0.1, 0.15) is 5.82 Å². The van der Waals surface area contributed by atoms with E-state index in [1.165, 1.54) is 16.4 Å². The van der Waals surface area contributed by atoms with Gasteiger partial charge in [-0.1, -0.05) is 12.1 Å². The van der Waals surface area contributed by atoms with E-state index in [1.54, 1.807) is 17.4 Å². The minimum absolute atomic E-state index is 0.0616. The summed E-state index contributed by atoms with van der Waals surface area (Å²) in [5.74, 6) is 0.264. The molecular weight excluding hydrogens is 303 g/mol. The van der Waals surface area contributed by atoms with Crippen LogP contribution in [0, 0.1) is 11.7 Å². The molecular formula is C16H23FN2O2S. The molecule has 1 aliphatic carbocycles. The Bertz CT molecular complexity index is 631. The highest BCUT2D eigenvalue weighted by Crippen LogP contribution is 2.32. The first-order valence-corrected chi connectivity index (χ1v) is 9.34. The van der Waals surface area contributed by atoms with Crippen LogP contribution in [0.4, 0.5) is 4.39 Å². The van der Waals surface area contributed by atoms with Crippen LogP contribution in [-0.2, 0) is 16.6 Å². The van der Waals surface area contributed by atoms with E-state index in [-0.39, 0.29) is 11.9 Å². The molecule has 0 N–H and O–H groups in total. The molecule has 2 fully saturated rings. The minimum Gasteiger partial charge on any atom is -0.207 e. The van der Waals surface area contributed by atoms with Crippen molar-refractivity contribution < 1.29 is 12.8 Å². The van der Waals surface area contributed by atoms with Gasteiger partial charge < -0.3 is 0 Å². The molecule has 2 aliphatic rings. The molecule has 1 aromatic rings. The first kappa shape index (κ1) is 15.9. The average molecular weight is 326 g/mol. The molecule has 0 spiro atoms. The molecule has 1 unspecified atom stereocenters. The van der Waals surface area contributed by atoms with Crippen LogP contribution in [0.2, 0.25) is 0 Å². The van der Waals surface area contributed by atoms with Crippen molar-refractivity contribution in [2.24, 2.45) is 5.92 Å². The summed E-state index contributed by atoms with van der Waals surface area (Å²) in [6.07, 6.45) is 4.55. The van der Waals surface area contributed by atoms with Crippen molar-refractivity contribution in [3.05, 3.63) is 35.6 Å². The largest absolute Gasteiger partial charge is 0.281 e. The summed E-state index contributed by atoms with van der Waals surface area (Å²) in [5.41, 5.74) is 0.858. The summed E-state index contributed by atoms with van der Waals surface area (Å²) >= 11 is 0. The van der Waals surface area contributed by atoms with Crippen LogP contribution in [0.5, 0.6) is 0 Å². The topological polar surface area (TPSA) is 40.6 Å². The van der Waals surface area contributed by atoms with Crippen LogP contribution in [0.15, 0.2) is 24.3 Å². The van der Waals surface area contributed by atoms with Crippen LogP contribution in [0.25, 0.3) is 0 Å². The number of nitrogens with zero attached hydrogens (tertiary/aromatic N) is 2. The summed E-state index contributed by atoms with van der Waals surface area (Å²) in [6.45, 7) is 1.18. The number of hydrogen-bond acceptors (Lipinski definition) is 2. The van der Waals surface area contributed by atoms with Crippen molar-refractivity contribution >= 4 is 10.2 Å². The average Bonchev–Trinajstić information content (AvgIpc) is 3.14. The lowest BCUT2D eigenvalue weighted by atomic mass is 10.0. The zero-order chi connectivity index (χ0) is 15.7. The number of hydrogen-bond donors (Lipinski definition) is 0. The van der Waals surface area contributed by atoms with Gasteiger partial charge in [-0.25, -0.2) is 4.39 Å². The van der Waals surface area contributed by atoms with Gasteiger partial charge in [0.15, 0.2) is 0 Å². The lowest BCUT2D eigenvalue weighted by Crippen LogP contribution is -2.45. The SMILES string of the molecule is CN(CC1CC1)S(=O)(=O)N1CCCC1Cc1cccc(F)c1. The van der Waals surface area contributed by atoms with E-state index < -0.39 is 10.2 Å². The zero-order valence-electron chi connectivity index (χ0n) is 12.9. The van der Waals surface area contributed by atoms with Crippen molar-refractivity contribution in [3.63, 3.8) is 0 Å². The molecule has 22 heavy (non-hydrogen) atoms. The first-order chi connectivity index (χ1) is 10.5. The van der Waals surface area contributed by atoms with E-state index >= 15 is 0 Å². The van der Waals surface area contributed by atoms with Gasteiger partial charge in [-0.15, -0.1) is 0 Å². The lowest BCUT2D eigenvalue weighted by Gasteiger charge is -2.29. The monoisotopic (exact) mass is 326 g/mol. The van der Waals surface area contributed by atoms with Crippen molar-refractivity contribution in [1.29, 1.82) is 0 Å². The van der Waals surface area contributed by atoms with E-state index in [2.05, 4.69) is 0 Å². The molecule has 122 valence electrons. The molecule has 6 heteroatoms. The van der Waals surface area contributed by atoms with Gasteiger partial charge in [0, 0.05) is 26.2 Å². The van der Waals surface area contributed by atoms with Crippen LogP contribution in [0.1, 0.15) is 31.2 Å². The predicted octanol–water partition coefficient (Wildman–Crippen LogP) is 2.42. The van der Waals surface area contributed by atoms with Gasteiger partial charge in [-0.05, 0) is 55.7 Å². The highest BCUT2D eigenvalue weighted by Gasteiger charge is 2.38. The molecule has 4 nitrogen and oxygen atoms in total. The molecule has 1 saturated carbocycles. The number of benzene rings is 1. The first-order valence-electron chi connectivity index (χ1n) is 7.94. The molecule has 0 radical (unpaired) electrons. The summed E-state index contributed by atoms with van der Waals surface area (Å²) in [5, 5.41) is 0. The van der Waals surface area contributed by atoms with Gasteiger partial charge in [-0.2, -0.15) is 17.0 Å². The summed E-state index contributed by atoms with van der Waals surface area (Å²) in [6, 6.07) is 6.39. The fourth-order valence-electron chi connectivity index (χ4n) is 3.19. The second kappa shape index (κ2) is 6.26. The molecule has 0 amide bonds. The van der Waals surface area contributed by atoms with Gasteiger partial charge in [0.05, 0.1) is 0 Å². The quantitative estimate of drug-likeness (QED) is 0.805. The maximum Gasteiger partial charge on any atom is 0.281 e. The molecule has 0 bridgehead atoms. The van der Waals surface area contributed by atoms with Crippen molar-refractivity contribution in [2.45, 2.75) is 38.1 Å². The molecule has 1 saturated heterocycles. The predicted molar refractivity (Wildman–Crippen MR) is 84.1 cm³/mol. The molecule has 0 aromatic heterocycles. The third-order valence-electron chi connectivity index (χ3n) is 4.59. The van der Waals surface area contributed by atoms with Crippen LogP contribution in [0.3, 0.4) is 0 Å². The number of rotatable bonds is 6. The van der Waals surface area contributed by atoms with Gasteiger partial charge in [-0.3, -0.25) is 0 Å². The zero-order valence-corrected chi connectivity index (χ0v) is 13.7. The third-order valence-corrected chi connectivity index (χ3v) is 6.60. The summed E-state index contributed by atoms with van der Waals surface area (Å²) in [7, 11) is -1.73. The van der Waals surface area contributed by atoms with Crippen LogP contribution >= 0.6 is 0 Å². The maximum atomic E-state index is 13.3. The maximum absolute atomic E-state index is 13.3. The molecule has 1 heterocycles. The Morgan fingerprint density at radius 1 is 1.32 bits per heavy atom. The lowest BCUT2D eigenvalue weighted by molar-refractivity contribution is 0.337. The normalized spacial score (nSPS) is 23.3. The highest BCUT2D eigenvalue weighted by molar-refractivity contribution is 7.86.